The number of nitrogens with two attached hydrogens (primary N) is 1. The van der Waals surface area contributed by atoms with E-state index in [1.807, 2.05) is 0 Å². The predicted octanol–water partition coefficient (Wildman–Crippen LogP) is -0.374. The number of rotatable bonds is 5. The lowest BCUT2D eigenvalue weighted by Gasteiger charge is -2.15. The van der Waals surface area contributed by atoms with E-state index >= 15 is 0 Å². The van der Waals surface area contributed by atoms with Gasteiger partial charge in [-0.25, -0.2) is 13.4 Å². The van der Waals surface area contributed by atoms with E-state index in [9.17, 15) is 8.42 Å². The highest BCUT2D eigenvalue weighted by Crippen LogP contribution is 2.18. The second-order valence-electron chi connectivity index (χ2n) is 4.51. The Balaban J connectivity index is 2.15. The van der Waals surface area contributed by atoms with Crippen molar-refractivity contribution in [2.45, 2.75) is 6.17 Å². The summed E-state index contributed by atoms with van der Waals surface area (Å²) < 4.78 is 23.4. The van der Waals surface area contributed by atoms with Crippen LogP contribution in [0.1, 0.15) is 5.56 Å². The summed E-state index contributed by atoms with van der Waals surface area (Å²) in [5.41, 5.74) is 6.96. The minimum absolute atomic E-state index is 0.192. The molecule has 0 aliphatic carbocycles. The molecule has 1 unspecified atom stereocenters. The minimum Gasteiger partial charge on any atom is -0.399 e. The molecule has 1 aliphatic rings. The van der Waals surface area contributed by atoms with Crippen LogP contribution in [0.15, 0.2) is 29.3 Å². The molecule has 0 bridgehead atoms. The van der Waals surface area contributed by atoms with Crippen molar-refractivity contribution in [3.05, 3.63) is 29.8 Å². The number of aliphatic hydroxyl groups excluding tert-OH is 1. The number of nitrogen functional groups attached to an aromatic ring is 1. The van der Waals surface area contributed by atoms with Crippen LogP contribution in [-0.2, 0) is 14.7 Å². The van der Waals surface area contributed by atoms with E-state index in [-0.39, 0.29) is 11.5 Å². The molecule has 0 fully saturated rings. The zero-order valence-corrected chi connectivity index (χ0v) is 11.9. The molecule has 20 heavy (non-hydrogen) atoms. The van der Waals surface area contributed by atoms with Crippen molar-refractivity contribution in [3.63, 3.8) is 0 Å². The number of benzene rings is 1. The number of hydrogen-bond donors (Lipinski definition) is 2. The van der Waals surface area contributed by atoms with Crippen molar-refractivity contribution in [2.24, 2.45) is 4.99 Å². The van der Waals surface area contributed by atoms with Gasteiger partial charge < -0.3 is 15.7 Å². The molecule has 0 aromatic heterocycles. The maximum absolute atomic E-state index is 11.7. The van der Waals surface area contributed by atoms with Crippen molar-refractivity contribution in [1.82, 2.24) is 5.06 Å². The Morgan fingerprint density at radius 3 is 2.65 bits per heavy atom. The third-order valence-corrected chi connectivity index (χ3v) is 4.49. The fourth-order valence-corrected chi connectivity index (χ4v) is 2.97. The van der Waals surface area contributed by atoms with E-state index in [4.69, 9.17) is 15.7 Å². The molecule has 0 amide bonds. The predicted molar refractivity (Wildman–Crippen MR) is 75.8 cm³/mol. The van der Waals surface area contributed by atoms with Crippen LogP contribution in [0.25, 0.3) is 0 Å². The number of aliphatic hydroxyl groups is 1. The van der Waals surface area contributed by atoms with Crippen LogP contribution in [0.3, 0.4) is 0 Å². The van der Waals surface area contributed by atoms with Crippen molar-refractivity contribution < 1.29 is 18.4 Å². The first-order chi connectivity index (χ1) is 9.41. The van der Waals surface area contributed by atoms with Gasteiger partial charge in [-0.15, -0.1) is 5.06 Å². The van der Waals surface area contributed by atoms with Crippen molar-refractivity contribution in [3.8, 4) is 0 Å². The van der Waals surface area contributed by atoms with Crippen LogP contribution in [0.2, 0.25) is 0 Å². The first-order valence-corrected chi connectivity index (χ1v) is 7.89. The Kier molecular flexibility index (Phi) is 4.26. The van der Waals surface area contributed by atoms with E-state index < -0.39 is 22.6 Å². The monoisotopic (exact) mass is 299 g/mol. The molecule has 8 heteroatoms. The normalized spacial score (nSPS) is 19.7. The zero-order chi connectivity index (χ0) is 14.8. The quantitative estimate of drug-likeness (QED) is 0.718. The molecule has 1 heterocycles. The second-order valence-corrected chi connectivity index (χ2v) is 6.74. The molecule has 2 rings (SSSR count). The number of hydrogen-bond acceptors (Lipinski definition) is 7. The van der Waals surface area contributed by atoms with Gasteiger partial charge in [-0.05, 0) is 24.3 Å². The van der Waals surface area contributed by atoms with Gasteiger partial charge in [-0.2, -0.15) is 0 Å². The summed E-state index contributed by atoms with van der Waals surface area (Å²) in [4.78, 5) is 9.69. The first kappa shape index (κ1) is 14.8. The Bertz CT molecular complexity index is 598. The van der Waals surface area contributed by atoms with Crippen LogP contribution < -0.4 is 5.73 Å². The highest BCUT2D eigenvalue weighted by molar-refractivity contribution is 7.91. The maximum atomic E-state index is 11.7. The molecule has 7 nitrogen and oxygen atoms in total. The topological polar surface area (TPSA) is 105 Å². The van der Waals surface area contributed by atoms with Gasteiger partial charge in [-0.3, -0.25) is 0 Å². The third kappa shape index (κ3) is 3.47. The summed E-state index contributed by atoms with van der Waals surface area (Å²) in [6.45, 7) is -0.395. The minimum atomic E-state index is -3.36. The number of anilines is 1. The summed E-state index contributed by atoms with van der Waals surface area (Å²) in [5, 5.41) is 10.1. The van der Waals surface area contributed by atoms with E-state index in [2.05, 4.69) is 4.99 Å². The zero-order valence-electron chi connectivity index (χ0n) is 11.1. The van der Waals surface area contributed by atoms with Crippen molar-refractivity contribution in [1.29, 1.82) is 0 Å². The van der Waals surface area contributed by atoms with Gasteiger partial charge in [0.2, 0.25) is 5.90 Å². The molecular weight excluding hydrogens is 282 g/mol. The van der Waals surface area contributed by atoms with Gasteiger partial charge in [0, 0.05) is 18.3 Å². The Morgan fingerprint density at radius 2 is 2.05 bits per heavy atom. The number of sulfone groups is 1. The van der Waals surface area contributed by atoms with E-state index in [0.717, 1.165) is 5.56 Å². The van der Waals surface area contributed by atoms with Gasteiger partial charge in [0.1, 0.15) is 0 Å². The fraction of sp³-hybridized carbons (Fsp3) is 0.417. The fourth-order valence-electron chi connectivity index (χ4n) is 1.78. The van der Waals surface area contributed by atoms with Crippen LogP contribution in [0.4, 0.5) is 5.69 Å². The molecule has 0 radical (unpaired) electrons. The lowest BCUT2D eigenvalue weighted by atomic mass is 10.2. The average Bonchev–Trinajstić information content (AvgIpc) is 2.71. The van der Waals surface area contributed by atoms with Gasteiger partial charge >= 0.3 is 0 Å². The Morgan fingerprint density at radius 1 is 1.40 bits per heavy atom. The molecule has 0 spiro atoms. The summed E-state index contributed by atoms with van der Waals surface area (Å²) in [7, 11) is -1.74. The summed E-state index contributed by atoms with van der Waals surface area (Å²) in [6.07, 6.45) is -0.612. The van der Waals surface area contributed by atoms with Crippen LogP contribution in [0, 0.1) is 0 Å². The second kappa shape index (κ2) is 5.78. The Labute approximate surface area is 117 Å². The smallest absolute Gasteiger partial charge is 0.242 e. The summed E-state index contributed by atoms with van der Waals surface area (Å²) >= 11 is 0. The van der Waals surface area contributed by atoms with Crippen molar-refractivity contribution in [2.75, 3.05) is 30.9 Å². The first-order valence-electron chi connectivity index (χ1n) is 6.07. The van der Waals surface area contributed by atoms with E-state index in [1.54, 1.807) is 31.3 Å². The van der Waals surface area contributed by atoms with Crippen LogP contribution in [-0.4, -0.2) is 55.8 Å². The molecule has 0 saturated heterocycles. The molecule has 1 atom stereocenters. The molecule has 110 valence electrons. The SMILES string of the molecule is CN1OC(c2ccc(N)cc2)=NC1CS(=O)(=O)CCO. The number of nitrogens with zero attached hydrogens (tertiary/aromatic N) is 2. The van der Waals surface area contributed by atoms with E-state index in [1.165, 1.54) is 5.06 Å². The van der Waals surface area contributed by atoms with Gasteiger partial charge in [-0.1, -0.05) is 0 Å². The van der Waals surface area contributed by atoms with Crippen LogP contribution in [0.5, 0.6) is 0 Å². The van der Waals surface area contributed by atoms with Gasteiger partial charge in [0.25, 0.3) is 0 Å². The molecular formula is C12H17N3O4S. The number of aliphatic imine (C=N–C) groups is 1. The maximum Gasteiger partial charge on any atom is 0.242 e. The molecule has 3 N–H and O–H groups in total. The largest absolute Gasteiger partial charge is 0.399 e. The highest BCUT2D eigenvalue weighted by atomic mass is 32.2. The van der Waals surface area contributed by atoms with E-state index in [0.29, 0.717) is 11.6 Å². The molecule has 1 aromatic rings. The molecule has 1 aromatic carbocycles. The summed E-state index contributed by atoms with van der Waals surface area (Å²) in [6, 6.07) is 6.95. The average molecular weight is 299 g/mol. The third-order valence-electron chi connectivity index (χ3n) is 2.88. The standard InChI is InChI=1S/C12H17N3O4S/c1-15-11(8-20(17,18)7-6-16)14-12(19-15)9-2-4-10(13)5-3-9/h2-5,11,16H,6-8,13H2,1H3. The molecule has 0 saturated carbocycles. The van der Waals surface area contributed by atoms with Gasteiger partial charge in [0.05, 0.1) is 18.1 Å². The van der Waals surface area contributed by atoms with Gasteiger partial charge in [0.15, 0.2) is 16.0 Å². The van der Waals surface area contributed by atoms with Crippen molar-refractivity contribution >= 4 is 21.4 Å². The number of hydroxylamine groups is 2. The van der Waals surface area contributed by atoms with Crippen LogP contribution >= 0.6 is 0 Å². The molecule has 1 aliphatic heterocycles. The Hall–Kier alpha value is -1.64. The summed E-state index contributed by atoms with van der Waals surface area (Å²) in [5.74, 6) is -0.108. The highest BCUT2D eigenvalue weighted by Gasteiger charge is 2.30. The lowest BCUT2D eigenvalue weighted by Crippen LogP contribution is -2.33. The lowest BCUT2D eigenvalue weighted by molar-refractivity contribution is -0.0493.